The minimum atomic E-state index is -4.41. The van der Waals surface area contributed by atoms with Gasteiger partial charge >= 0.3 is 5.69 Å². The molecular formula is C10H10ClFN2O5S. The van der Waals surface area contributed by atoms with Crippen molar-refractivity contribution in [2.45, 2.75) is 11.8 Å². The fourth-order valence-electron chi connectivity index (χ4n) is 1.22. The summed E-state index contributed by atoms with van der Waals surface area (Å²) in [6, 6.07) is 1.11. The van der Waals surface area contributed by atoms with Crippen LogP contribution in [0.15, 0.2) is 28.1 Å². The maximum absolute atomic E-state index is 13.6. The Kier molecular flexibility index (Phi) is 5.03. The van der Waals surface area contributed by atoms with Gasteiger partial charge in [-0.2, -0.15) is 0 Å². The van der Waals surface area contributed by atoms with Crippen LogP contribution in [0.3, 0.4) is 0 Å². The van der Waals surface area contributed by atoms with Gasteiger partial charge in [0.15, 0.2) is 5.75 Å². The number of nitro benzene ring substituents is 1. The summed E-state index contributed by atoms with van der Waals surface area (Å²) in [5.41, 5.74) is 1.02. The number of halogens is 2. The molecule has 10 heteroatoms. The largest absolute Gasteiger partial charge is 0.482 e. The molecule has 0 fully saturated rings. The number of primary sulfonamides is 1. The first-order valence-electron chi connectivity index (χ1n) is 5.06. The second-order valence-corrected chi connectivity index (χ2v) is 5.54. The van der Waals surface area contributed by atoms with E-state index in [-0.39, 0.29) is 6.61 Å². The van der Waals surface area contributed by atoms with Crippen molar-refractivity contribution in [3.8, 4) is 5.75 Å². The molecule has 0 saturated heterocycles. The molecule has 1 aromatic rings. The molecule has 0 atom stereocenters. The Hall–Kier alpha value is -1.71. The van der Waals surface area contributed by atoms with Gasteiger partial charge in [0, 0.05) is 17.7 Å². The van der Waals surface area contributed by atoms with Crippen molar-refractivity contribution in [3.05, 3.63) is 39.2 Å². The molecule has 110 valence electrons. The van der Waals surface area contributed by atoms with Gasteiger partial charge in [-0.25, -0.2) is 17.9 Å². The van der Waals surface area contributed by atoms with E-state index in [4.69, 9.17) is 21.5 Å². The highest BCUT2D eigenvalue weighted by atomic mass is 35.5. The zero-order valence-corrected chi connectivity index (χ0v) is 11.7. The van der Waals surface area contributed by atoms with E-state index in [0.717, 1.165) is 0 Å². The summed E-state index contributed by atoms with van der Waals surface area (Å²) >= 11 is 5.39. The Balaban J connectivity index is 3.32. The standard InChI is InChI=1S/C10H10ClFN2O5S/c1-6(4-11)5-19-9-2-7(12)10(20(13,17)18)3-8(9)14(15)16/h2-4H,5H2,1H3,(H2,13,17,18)/b6-4-. The number of hydrogen-bond donors (Lipinski definition) is 1. The van der Waals surface area contributed by atoms with Gasteiger partial charge in [-0.15, -0.1) is 0 Å². The Morgan fingerprint density at radius 1 is 1.60 bits per heavy atom. The van der Waals surface area contributed by atoms with Crippen molar-refractivity contribution < 1.29 is 22.5 Å². The molecule has 1 aromatic carbocycles. The van der Waals surface area contributed by atoms with Crippen LogP contribution in [0.5, 0.6) is 5.75 Å². The fourth-order valence-corrected chi connectivity index (χ4v) is 1.89. The zero-order chi connectivity index (χ0) is 15.5. The van der Waals surface area contributed by atoms with E-state index in [1.165, 1.54) is 5.54 Å². The van der Waals surface area contributed by atoms with Crippen molar-refractivity contribution in [2.75, 3.05) is 6.61 Å². The van der Waals surface area contributed by atoms with Gasteiger partial charge in [0.25, 0.3) is 0 Å². The smallest absolute Gasteiger partial charge is 0.312 e. The first-order chi connectivity index (χ1) is 9.16. The Labute approximate surface area is 119 Å². The topological polar surface area (TPSA) is 113 Å². The number of benzene rings is 1. The lowest BCUT2D eigenvalue weighted by Crippen LogP contribution is -2.15. The van der Waals surface area contributed by atoms with E-state index in [9.17, 15) is 22.9 Å². The van der Waals surface area contributed by atoms with Crippen molar-refractivity contribution >= 4 is 27.3 Å². The highest BCUT2D eigenvalue weighted by molar-refractivity contribution is 7.89. The lowest BCUT2D eigenvalue weighted by Gasteiger charge is -2.08. The molecule has 0 aliphatic rings. The van der Waals surface area contributed by atoms with Crippen LogP contribution in [-0.4, -0.2) is 19.9 Å². The maximum Gasteiger partial charge on any atom is 0.312 e. The summed E-state index contributed by atoms with van der Waals surface area (Å²) in [5.74, 6) is -1.65. The molecule has 0 aliphatic carbocycles. The first kappa shape index (κ1) is 16.3. The first-order valence-corrected chi connectivity index (χ1v) is 7.04. The lowest BCUT2D eigenvalue weighted by atomic mass is 10.3. The number of ether oxygens (including phenoxy) is 1. The normalized spacial score (nSPS) is 12.3. The van der Waals surface area contributed by atoms with Crippen molar-refractivity contribution in [1.82, 2.24) is 0 Å². The minimum absolute atomic E-state index is 0.113. The van der Waals surface area contributed by atoms with E-state index in [2.05, 4.69) is 0 Å². The molecule has 0 aromatic heterocycles. The highest BCUT2D eigenvalue weighted by Gasteiger charge is 2.24. The van der Waals surface area contributed by atoms with Crippen molar-refractivity contribution in [1.29, 1.82) is 0 Å². The molecule has 0 heterocycles. The van der Waals surface area contributed by atoms with Crippen LogP contribution < -0.4 is 9.88 Å². The summed E-state index contributed by atoms with van der Waals surface area (Å²) in [6.07, 6.45) is 0. The van der Waals surface area contributed by atoms with E-state index in [0.29, 0.717) is 17.7 Å². The summed E-state index contributed by atoms with van der Waals surface area (Å²) in [6.45, 7) is 1.48. The van der Waals surface area contributed by atoms with Crippen LogP contribution in [0.25, 0.3) is 0 Å². The number of nitrogens with two attached hydrogens (primary N) is 1. The number of nitro groups is 1. The monoisotopic (exact) mass is 324 g/mol. The Morgan fingerprint density at radius 2 is 2.20 bits per heavy atom. The molecule has 0 amide bonds. The third kappa shape index (κ3) is 3.89. The van der Waals surface area contributed by atoms with E-state index < -0.39 is 37.1 Å². The molecule has 0 bridgehead atoms. The number of sulfonamides is 1. The molecule has 20 heavy (non-hydrogen) atoms. The van der Waals surface area contributed by atoms with Gasteiger partial charge < -0.3 is 4.74 Å². The molecule has 0 unspecified atom stereocenters. The van der Waals surface area contributed by atoms with Gasteiger partial charge in [0.1, 0.15) is 17.3 Å². The van der Waals surface area contributed by atoms with E-state index >= 15 is 0 Å². The quantitative estimate of drug-likeness (QED) is 0.656. The SMILES string of the molecule is C/C(=C/Cl)COc1cc(F)c(S(N)(=O)=O)cc1[N+](=O)[O-]. The second-order valence-electron chi connectivity index (χ2n) is 3.80. The van der Waals surface area contributed by atoms with Crippen LogP contribution in [0.1, 0.15) is 6.92 Å². The van der Waals surface area contributed by atoms with Crippen molar-refractivity contribution in [2.24, 2.45) is 5.14 Å². The van der Waals surface area contributed by atoms with Crippen LogP contribution in [0, 0.1) is 15.9 Å². The highest BCUT2D eigenvalue weighted by Crippen LogP contribution is 2.31. The Bertz CT molecular complexity index is 674. The average molecular weight is 325 g/mol. The molecule has 1 rings (SSSR count). The number of hydrogen-bond acceptors (Lipinski definition) is 5. The summed E-state index contributed by atoms with van der Waals surface area (Å²) in [4.78, 5) is 8.98. The molecule has 0 saturated carbocycles. The average Bonchev–Trinajstić information content (AvgIpc) is 2.33. The molecule has 7 nitrogen and oxygen atoms in total. The van der Waals surface area contributed by atoms with Crippen LogP contribution in [-0.2, 0) is 10.0 Å². The lowest BCUT2D eigenvalue weighted by molar-refractivity contribution is -0.386. The second kappa shape index (κ2) is 6.16. The third-order valence-electron chi connectivity index (χ3n) is 2.16. The summed E-state index contributed by atoms with van der Waals surface area (Å²) in [7, 11) is -4.41. The zero-order valence-electron chi connectivity index (χ0n) is 10.2. The van der Waals surface area contributed by atoms with Crippen molar-refractivity contribution in [3.63, 3.8) is 0 Å². The minimum Gasteiger partial charge on any atom is -0.482 e. The number of rotatable bonds is 5. The summed E-state index contributed by atoms with van der Waals surface area (Å²) < 4.78 is 40.8. The van der Waals surface area contributed by atoms with Gasteiger partial charge in [-0.3, -0.25) is 10.1 Å². The van der Waals surface area contributed by atoms with Gasteiger partial charge in [-0.05, 0) is 12.5 Å². The van der Waals surface area contributed by atoms with E-state index in [1.54, 1.807) is 6.92 Å². The van der Waals surface area contributed by atoms with Crippen LogP contribution in [0.2, 0.25) is 0 Å². The maximum atomic E-state index is 13.6. The van der Waals surface area contributed by atoms with Crippen LogP contribution >= 0.6 is 11.6 Å². The molecule has 2 N–H and O–H groups in total. The fraction of sp³-hybridized carbons (Fsp3) is 0.200. The van der Waals surface area contributed by atoms with Crippen LogP contribution in [0.4, 0.5) is 10.1 Å². The van der Waals surface area contributed by atoms with Gasteiger partial charge in [0.05, 0.1) is 4.92 Å². The Morgan fingerprint density at radius 3 is 2.65 bits per heavy atom. The van der Waals surface area contributed by atoms with Gasteiger partial charge in [0.2, 0.25) is 10.0 Å². The molecule has 0 radical (unpaired) electrons. The van der Waals surface area contributed by atoms with Gasteiger partial charge in [-0.1, -0.05) is 11.6 Å². The molecule has 0 spiro atoms. The van der Waals surface area contributed by atoms with E-state index in [1.807, 2.05) is 0 Å². The molecular weight excluding hydrogens is 315 g/mol. The predicted molar refractivity (Wildman–Crippen MR) is 69.5 cm³/mol. The third-order valence-corrected chi connectivity index (χ3v) is 3.46. The predicted octanol–water partition coefficient (Wildman–Crippen LogP) is 1.90. The number of nitrogens with zero attached hydrogens (tertiary/aromatic N) is 1. The molecule has 0 aliphatic heterocycles. The summed E-state index contributed by atoms with van der Waals surface area (Å²) in [5, 5.41) is 15.6.